The largest absolute Gasteiger partial charge is 0.748 e. The fourth-order valence-electron chi connectivity index (χ4n) is 2.48. The third kappa shape index (κ3) is 14.7. The first-order valence-electron chi connectivity index (χ1n) is 8.99. The van der Waals surface area contributed by atoms with Crippen LogP contribution in [-0.2, 0) is 16.7 Å². The Labute approximate surface area is 149 Å². The molecule has 1 aromatic carbocycles. The van der Waals surface area contributed by atoms with Gasteiger partial charge in [-0.15, -0.1) is 0 Å². The second-order valence-electron chi connectivity index (χ2n) is 6.92. The van der Waals surface area contributed by atoms with Crippen LogP contribution in [0.5, 0.6) is 0 Å². The highest BCUT2D eigenvalue weighted by Gasteiger charge is 2.14. The summed E-state index contributed by atoms with van der Waals surface area (Å²) in [7, 11) is 0.781. The Hall–Kier alpha value is -0.910. The second kappa shape index (κ2) is 12.5. The van der Waals surface area contributed by atoms with Gasteiger partial charge in [0.2, 0.25) is 0 Å². The third-order valence-corrected chi connectivity index (χ3v) is 4.63. The van der Waals surface area contributed by atoms with Crippen LogP contribution < -0.4 is 0 Å². The maximum Gasteiger partial charge on any atom is 0.104 e. The number of hydrogen-bond acceptors (Lipinski definition) is 3. The van der Waals surface area contributed by atoms with Gasteiger partial charge < -0.3 is 9.04 Å². The van der Waals surface area contributed by atoms with Gasteiger partial charge in [0.15, 0.2) is 0 Å². The predicted octanol–water partition coefficient (Wildman–Crippen LogP) is 4.18. The first-order valence-corrected chi connectivity index (χ1v) is 10.6. The fraction of sp³-hybridized carbons (Fsp3) is 0.684. The molecule has 0 aliphatic carbocycles. The molecule has 1 aromatic rings. The summed E-state index contributed by atoms with van der Waals surface area (Å²) in [6.07, 6.45) is 8.35. The highest BCUT2D eigenvalue weighted by atomic mass is 32.2. The van der Waals surface area contributed by atoms with Crippen molar-refractivity contribution >= 4 is 10.1 Å². The van der Waals surface area contributed by atoms with Gasteiger partial charge in [-0.1, -0.05) is 69.9 Å². The van der Waals surface area contributed by atoms with Crippen LogP contribution in [0.2, 0.25) is 0 Å². The van der Waals surface area contributed by atoms with Crippen LogP contribution >= 0.6 is 0 Å². The second-order valence-corrected chi connectivity index (χ2v) is 8.61. The van der Waals surface area contributed by atoms with Crippen LogP contribution in [0.3, 0.4) is 0 Å². The van der Waals surface area contributed by atoms with Crippen molar-refractivity contribution in [3.05, 3.63) is 35.9 Å². The molecule has 5 heteroatoms. The summed E-state index contributed by atoms with van der Waals surface area (Å²) in [5.74, 6) is -0.312. The van der Waals surface area contributed by atoms with Crippen LogP contribution in [0.4, 0.5) is 0 Å². The Morgan fingerprint density at radius 1 is 0.917 bits per heavy atom. The van der Waals surface area contributed by atoms with Crippen molar-refractivity contribution in [1.29, 1.82) is 0 Å². The molecule has 0 aliphatic heterocycles. The summed E-state index contributed by atoms with van der Waals surface area (Å²) < 4.78 is 29.4. The van der Waals surface area contributed by atoms with E-state index in [1.54, 1.807) is 0 Å². The molecule has 0 spiro atoms. The van der Waals surface area contributed by atoms with E-state index in [2.05, 4.69) is 51.4 Å². The van der Waals surface area contributed by atoms with Crippen LogP contribution in [0.1, 0.15) is 57.9 Å². The van der Waals surface area contributed by atoms with E-state index in [9.17, 15) is 13.0 Å². The maximum absolute atomic E-state index is 9.44. The van der Waals surface area contributed by atoms with Gasteiger partial charge in [-0.25, -0.2) is 8.42 Å². The SMILES string of the molecule is CCCCCCCC[N+](C)(C)Cc1ccccc1.CCS(=O)(=O)[O-]. The topological polar surface area (TPSA) is 57.2 Å². The smallest absolute Gasteiger partial charge is 0.104 e. The van der Waals surface area contributed by atoms with Gasteiger partial charge in [0, 0.05) is 11.3 Å². The van der Waals surface area contributed by atoms with E-state index >= 15 is 0 Å². The highest BCUT2D eigenvalue weighted by molar-refractivity contribution is 7.85. The lowest BCUT2D eigenvalue weighted by Gasteiger charge is -2.30. The Kier molecular flexibility index (Phi) is 12.0. The van der Waals surface area contributed by atoms with Gasteiger partial charge in [-0.05, 0) is 12.8 Å². The van der Waals surface area contributed by atoms with E-state index in [0.717, 1.165) is 11.0 Å². The van der Waals surface area contributed by atoms with E-state index in [1.807, 2.05) is 0 Å². The average Bonchev–Trinajstić information content (AvgIpc) is 2.51. The van der Waals surface area contributed by atoms with Crippen molar-refractivity contribution in [3.63, 3.8) is 0 Å². The molecular formula is C19H35NO3S. The number of benzene rings is 1. The monoisotopic (exact) mass is 357 g/mol. The van der Waals surface area contributed by atoms with Crippen LogP contribution in [0, 0.1) is 0 Å². The molecular weight excluding hydrogens is 322 g/mol. The van der Waals surface area contributed by atoms with E-state index < -0.39 is 10.1 Å². The van der Waals surface area contributed by atoms with Gasteiger partial charge in [0.1, 0.15) is 6.54 Å². The molecule has 0 bridgehead atoms. The fourth-order valence-corrected chi connectivity index (χ4v) is 2.48. The molecule has 0 saturated carbocycles. The molecule has 24 heavy (non-hydrogen) atoms. The first kappa shape index (κ1) is 23.1. The Morgan fingerprint density at radius 3 is 1.92 bits per heavy atom. The molecule has 140 valence electrons. The van der Waals surface area contributed by atoms with Gasteiger partial charge in [-0.2, -0.15) is 0 Å². The number of unbranched alkanes of at least 4 members (excludes halogenated alkanes) is 5. The molecule has 0 amide bonds. The minimum Gasteiger partial charge on any atom is -0.748 e. The van der Waals surface area contributed by atoms with Crippen molar-refractivity contribution < 1.29 is 17.5 Å². The van der Waals surface area contributed by atoms with Gasteiger partial charge >= 0.3 is 0 Å². The average molecular weight is 358 g/mol. The molecule has 0 unspecified atom stereocenters. The standard InChI is InChI=1S/C17H30N.C2H6O3S/c1-4-5-6-7-8-12-15-18(2,3)16-17-13-10-9-11-14-17;1-2-6(3,4)5/h9-11,13-14H,4-8,12,15-16H2,1-3H3;2H2,1H3,(H,3,4,5)/q+1;/p-1. The minimum absolute atomic E-state index is 0.312. The zero-order valence-electron chi connectivity index (χ0n) is 15.8. The van der Waals surface area contributed by atoms with Crippen LogP contribution in [0.15, 0.2) is 30.3 Å². The lowest BCUT2D eigenvalue weighted by atomic mass is 10.1. The zero-order valence-corrected chi connectivity index (χ0v) is 16.6. The quantitative estimate of drug-likeness (QED) is 0.359. The molecule has 0 radical (unpaired) electrons. The van der Waals surface area contributed by atoms with Gasteiger partial charge in [0.25, 0.3) is 0 Å². The third-order valence-electron chi connectivity index (χ3n) is 3.92. The van der Waals surface area contributed by atoms with E-state index in [1.165, 1.54) is 57.6 Å². The molecule has 0 saturated heterocycles. The summed E-state index contributed by atoms with van der Waals surface area (Å²) in [5.41, 5.74) is 1.45. The van der Waals surface area contributed by atoms with Crippen LogP contribution in [0.25, 0.3) is 0 Å². The van der Waals surface area contributed by atoms with E-state index in [0.29, 0.717) is 0 Å². The van der Waals surface area contributed by atoms with Gasteiger partial charge in [-0.3, -0.25) is 0 Å². The van der Waals surface area contributed by atoms with Crippen molar-refractivity contribution in [3.8, 4) is 0 Å². The molecule has 0 heterocycles. The van der Waals surface area contributed by atoms with Gasteiger partial charge in [0.05, 0.1) is 30.8 Å². The molecule has 0 aliphatic rings. The number of rotatable bonds is 10. The Morgan fingerprint density at radius 2 is 1.42 bits per heavy atom. The summed E-state index contributed by atoms with van der Waals surface area (Å²) in [6.45, 7) is 6.03. The van der Waals surface area contributed by atoms with E-state index in [4.69, 9.17) is 0 Å². The number of hydrogen-bond donors (Lipinski definition) is 0. The molecule has 4 nitrogen and oxygen atoms in total. The molecule has 0 atom stereocenters. The predicted molar refractivity (Wildman–Crippen MR) is 101 cm³/mol. The summed E-state index contributed by atoms with van der Waals surface area (Å²) in [4.78, 5) is 0. The zero-order chi connectivity index (χ0) is 18.5. The van der Waals surface area contributed by atoms with Crippen molar-refractivity contribution in [2.45, 2.75) is 58.9 Å². The summed E-state index contributed by atoms with van der Waals surface area (Å²) in [5, 5.41) is 0. The molecule has 0 fully saturated rings. The van der Waals surface area contributed by atoms with Crippen molar-refractivity contribution in [1.82, 2.24) is 0 Å². The first-order chi connectivity index (χ1) is 11.2. The summed E-state index contributed by atoms with van der Waals surface area (Å²) >= 11 is 0. The highest BCUT2D eigenvalue weighted by Crippen LogP contribution is 2.12. The number of quaternary nitrogens is 1. The lowest BCUT2D eigenvalue weighted by molar-refractivity contribution is -0.903. The van der Waals surface area contributed by atoms with E-state index in [-0.39, 0.29) is 5.75 Å². The minimum atomic E-state index is -3.91. The molecule has 0 N–H and O–H groups in total. The Bertz CT molecular complexity index is 513. The summed E-state index contributed by atoms with van der Waals surface area (Å²) in [6, 6.07) is 10.8. The van der Waals surface area contributed by atoms with Crippen LogP contribution in [-0.4, -0.2) is 43.8 Å². The molecule has 1 rings (SSSR count). The lowest BCUT2D eigenvalue weighted by Crippen LogP contribution is -2.39. The normalized spacial score (nSPS) is 11.7. The van der Waals surface area contributed by atoms with Crippen molar-refractivity contribution in [2.24, 2.45) is 0 Å². The maximum atomic E-state index is 9.44. The van der Waals surface area contributed by atoms with Crippen molar-refractivity contribution in [2.75, 3.05) is 26.4 Å². The Balaban J connectivity index is 0.000000754. The number of nitrogens with zero attached hydrogens (tertiary/aromatic N) is 1. The molecule has 0 aromatic heterocycles.